The normalized spacial score (nSPS) is 10.8. The molecule has 0 amide bonds. The summed E-state index contributed by atoms with van der Waals surface area (Å²) >= 11 is 0. The number of nitro benzene ring substituents is 1. The highest BCUT2D eigenvalue weighted by Gasteiger charge is 2.04. The van der Waals surface area contributed by atoms with Crippen molar-refractivity contribution in [2.45, 2.75) is 0 Å². The Hall–Kier alpha value is -3.48. The van der Waals surface area contributed by atoms with E-state index in [1.54, 1.807) is 29.2 Å². The molecule has 0 aliphatic carbocycles. The van der Waals surface area contributed by atoms with Gasteiger partial charge in [0.15, 0.2) is 0 Å². The molecule has 0 spiro atoms. The molecule has 3 aromatic rings. The fourth-order valence-electron chi connectivity index (χ4n) is 2.00. The van der Waals surface area contributed by atoms with Gasteiger partial charge in [-0.05, 0) is 18.2 Å². The van der Waals surface area contributed by atoms with E-state index in [-0.39, 0.29) is 5.69 Å². The summed E-state index contributed by atoms with van der Waals surface area (Å²) in [5, 5.41) is 19.0. The molecule has 0 saturated carbocycles. The Morgan fingerprint density at radius 1 is 1.17 bits per heavy atom. The van der Waals surface area contributed by atoms with Crippen LogP contribution in [-0.4, -0.2) is 20.9 Å². The second-order valence-corrected chi connectivity index (χ2v) is 4.73. The van der Waals surface area contributed by atoms with E-state index in [0.29, 0.717) is 5.69 Å². The molecule has 2 aromatic carbocycles. The lowest BCUT2D eigenvalue weighted by molar-refractivity contribution is -0.384. The zero-order valence-electron chi connectivity index (χ0n) is 12.0. The first-order valence-corrected chi connectivity index (χ1v) is 6.86. The number of para-hydroxylation sites is 1. The summed E-state index contributed by atoms with van der Waals surface area (Å²) in [6, 6.07) is 15.9. The molecule has 0 fully saturated rings. The maximum atomic E-state index is 10.7. The lowest BCUT2D eigenvalue weighted by Gasteiger charge is -1.99. The van der Waals surface area contributed by atoms with Crippen molar-refractivity contribution in [2.75, 3.05) is 5.43 Å². The summed E-state index contributed by atoms with van der Waals surface area (Å²) in [6.07, 6.45) is 5.13. The number of nitrogens with zero attached hydrogens (tertiary/aromatic N) is 4. The molecule has 0 aliphatic heterocycles. The third-order valence-corrected chi connectivity index (χ3v) is 3.09. The molecule has 114 valence electrons. The van der Waals surface area contributed by atoms with Crippen molar-refractivity contribution in [3.8, 4) is 5.69 Å². The van der Waals surface area contributed by atoms with Gasteiger partial charge in [-0.25, -0.2) is 4.68 Å². The molecule has 7 heteroatoms. The van der Waals surface area contributed by atoms with Crippen LogP contribution in [0.15, 0.2) is 72.1 Å². The number of hydrogen-bond acceptors (Lipinski definition) is 5. The summed E-state index contributed by atoms with van der Waals surface area (Å²) in [5.41, 5.74) is 5.10. The van der Waals surface area contributed by atoms with Crippen molar-refractivity contribution >= 4 is 17.6 Å². The van der Waals surface area contributed by atoms with Gasteiger partial charge in [0.05, 0.1) is 28.7 Å². The minimum absolute atomic E-state index is 0.0158. The van der Waals surface area contributed by atoms with Crippen LogP contribution in [0.25, 0.3) is 5.69 Å². The third-order valence-electron chi connectivity index (χ3n) is 3.09. The summed E-state index contributed by atoms with van der Waals surface area (Å²) in [5.74, 6) is 0. The lowest BCUT2D eigenvalue weighted by Crippen LogP contribution is -1.93. The predicted octanol–water partition coefficient (Wildman–Crippen LogP) is 3.23. The number of rotatable bonds is 5. The molecule has 7 nitrogen and oxygen atoms in total. The molecule has 3 rings (SSSR count). The standard InChI is InChI=1S/C16H13N5O2/c22-21(23)16-8-4-5-14(9-16)19-17-10-13-11-18-20(12-13)15-6-2-1-3-7-15/h1-12,19H/b17-10-. The van der Waals surface area contributed by atoms with Crippen LogP contribution in [0.1, 0.15) is 5.56 Å². The van der Waals surface area contributed by atoms with Gasteiger partial charge in [0.1, 0.15) is 0 Å². The van der Waals surface area contributed by atoms with Gasteiger partial charge >= 0.3 is 0 Å². The average Bonchev–Trinajstić information content (AvgIpc) is 3.05. The van der Waals surface area contributed by atoms with Gasteiger partial charge in [0, 0.05) is 23.9 Å². The summed E-state index contributed by atoms with van der Waals surface area (Å²) < 4.78 is 1.74. The highest BCUT2D eigenvalue weighted by atomic mass is 16.6. The van der Waals surface area contributed by atoms with Gasteiger partial charge in [-0.15, -0.1) is 0 Å². The number of benzene rings is 2. The van der Waals surface area contributed by atoms with E-state index < -0.39 is 4.92 Å². The van der Waals surface area contributed by atoms with Crippen LogP contribution >= 0.6 is 0 Å². The zero-order chi connectivity index (χ0) is 16.1. The Labute approximate surface area is 132 Å². The van der Waals surface area contributed by atoms with E-state index in [2.05, 4.69) is 15.6 Å². The highest BCUT2D eigenvalue weighted by molar-refractivity contribution is 5.79. The number of hydrazone groups is 1. The van der Waals surface area contributed by atoms with Crippen LogP contribution in [-0.2, 0) is 0 Å². The Balaban J connectivity index is 1.68. The molecular weight excluding hydrogens is 294 g/mol. The van der Waals surface area contributed by atoms with Crippen molar-refractivity contribution in [1.82, 2.24) is 9.78 Å². The second kappa shape index (κ2) is 6.52. The molecule has 0 atom stereocenters. The summed E-state index contributed by atoms with van der Waals surface area (Å²) in [6.45, 7) is 0. The van der Waals surface area contributed by atoms with E-state index in [4.69, 9.17) is 0 Å². The van der Waals surface area contributed by atoms with Gasteiger partial charge in [0.2, 0.25) is 0 Å². The molecule has 1 heterocycles. The number of non-ortho nitro benzene ring substituents is 1. The van der Waals surface area contributed by atoms with E-state index in [1.807, 2.05) is 36.5 Å². The Kier molecular flexibility index (Phi) is 4.10. The number of nitro groups is 1. The lowest BCUT2D eigenvalue weighted by atomic mass is 10.3. The first-order chi connectivity index (χ1) is 11.2. The molecule has 0 aliphatic rings. The van der Waals surface area contributed by atoms with E-state index >= 15 is 0 Å². The Morgan fingerprint density at radius 2 is 2.00 bits per heavy atom. The molecule has 1 N–H and O–H groups in total. The Morgan fingerprint density at radius 3 is 2.78 bits per heavy atom. The van der Waals surface area contributed by atoms with E-state index in [0.717, 1.165) is 11.3 Å². The Bertz CT molecular complexity index is 842. The first-order valence-electron chi connectivity index (χ1n) is 6.86. The van der Waals surface area contributed by atoms with E-state index in [1.165, 1.54) is 12.1 Å². The topological polar surface area (TPSA) is 85.3 Å². The number of aromatic nitrogens is 2. The van der Waals surface area contributed by atoms with E-state index in [9.17, 15) is 10.1 Å². The minimum Gasteiger partial charge on any atom is -0.278 e. The van der Waals surface area contributed by atoms with Crippen LogP contribution in [0.4, 0.5) is 11.4 Å². The number of nitrogens with one attached hydrogen (secondary N) is 1. The molecule has 0 radical (unpaired) electrons. The maximum absolute atomic E-state index is 10.7. The zero-order valence-corrected chi connectivity index (χ0v) is 12.0. The third kappa shape index (κ3) is 3.59. The van der Waals surface area contributed by atoms with Crippen LogP contribution in [0, 0.1) is 10.1 Å². The first kappa shape index (κ1) is 14.5. The smallest absolute Gasteiger partial charge is 0.271 e. The predicted molar refractivity (Wildman–Crippen MR) is 87.9 cm³/mol. The van der Waals surface area contributed by atoms with Gasteiger partial charge in [-0.1, -0.05) is 24.3 Å². The molecule has 1 aromatic heterocycles. The molecular formula is C16H13N5O2. The SMILES string of the molecule is O=[N+]([O-])c1cccc(N/N=C\c2cnn(-c3ccccc3)c2)c1. The fraction of sp³-hybridized carbons (Fsp3) is 0. The molecule has 0 saturated heterocycles. The maximum Gasteiger partial charge on any atom is 0.271 e. The summed E-state index contributed by atoms with van der Waals surface area (Å²) in [7, 11) is 0. The number of hydrogen-bond donors (Lipinski definition) is 1. The number of anilines is 1. The van der Waals surface area contributed by atoms with Crippen LogP contribution in [0.3, 0.4) is 0 Å². The van der Waals surface area contributed by atoms with Gasteiger partial charge < -0.3 is 0 Å². The molecule has 0 unspecified atom stereocenters. The van der Waals surface area contributed by atoms with Crippen molar-refractivity contribution in [3.05, 3.63) is 82.7 Å². The van der Waals surface area contributed by atoms with Crippen molar-refractivity contribution in [1.29, 1.82) is 0 Å². The monoisotopic (exact) mass is 307 g/mol. The van der Waals surface area contributed by atoms with Gasteiger partial charge in [-0.2, -0.15) is 10.2 Å². The molecule has 0 bridgehead atoms. The second-order valence-electron chi connectivity index (χ2n) is 4.73. The summed E-state index contributed by atoms with van der Waals surface area (Å²) in [4.78, 5) is 10.3. The van der Waals surface area contributed by atoms with Crippen LogP contribution in [0.5, 0.6) is 0 Å². The highest BCUT2D eigenvalue weighted by Crippen LogP contribution is 2.16. The van der Waals surface area contributed by atoms with Crippen LogP contribution < -0.4 is 5.43 Å². The van der Waals surface area contributed by atoms with Gasteiger partial charge in [0.25, 0.3) is 5.69 Å². The molecule has 23 heavy (non-hydrogen) atoms. The van der Waals surface area contributed by atoms with Crippen molar-refractivity contribution < 1.29 is 4.92 Å². The van der Waals surface area contributed by atoms with Crippen molar-refractivity contribution in [3.63, 3.8) is 0 Å². The minimum atomic E-state index is -0.446. The largest absolute Gasteiger partial charge is 0.278 e. The van der Waals surface area contributed by atoms with Gasteiger partial charge in [-0.3, -0.25) is 15.5 Å². The quantitative estimate of drug-likeness (QED) is 0.445. The fourth-order valence-corrected chi connectivity index (χ4v) is 2.00. The van der Waals surface area contributed by atoms with Crippen LogP contribution in [0.2, 0.25) is 0 Å². The average molecular weight is 307 g/mol. The van der Waals surface area contributed by atoms with Crippen molar-refractivity contribution in [2.24, 2.45) is 5.10 Å².